The monoisotopic (exact) mass is 355 g/mol. The second kappa shape index (κ2) is 6.45. The summed E-state index contributed by atoms with van der Waals surface area (Å²) < 4.78 is 9.26. The van der Waals surface area contributed by atoms with Gasteiger partial charge in [-0.05, 0) is 31.5 Å². The molecule has 0 aromatic carbocycles. The van der Waals surface area contributed by atoms with Crippen LogP contribution in [0.3, 0.4) is 0 Å². The van der Waals surface area contributed by atoms with Gasteiger partial charge >= 0.3 is 0 Å². The van der Waals surface area contributed by atoms with Gasteiger partial charge in [-0.15, -0.1) is 0 Å². The minimum absolute atomic E-state index is 0.153. The van der Waals surface area contributed by atoms with Crippen molar-refractivity contribution in [3.05, 3.63) is 48.0 Å². The van der Waals surface area contributed by atoms with E-state index in [-0.39, 0.29) is 12.5 Å². The third-order valence-electron chi connectivity index (χ3n) is 4.65. The van der Waals surface area contributed by atoms with E-state index in [9.17, 15) is 9.90 Å². The first-order valence-electron chi connectivity index (χ1n) is 8.65. The van der Waals surface area contributed by atoms with Gasteiger partial charge in [-0.3, -0.25) is 9.48 Å². The number of β-amino-alcohol motifs (C(OH)–C–C–N with tert-alkyl or cyclic N) is 1. The highest BCUT2D eigenvalue weighted by Gasteiger charge is 2.37. The number of aromatic nitrogens is 4. The van der Waals surface area contributed by atoms with E-state index in [1.807, 2.05) is 32.2 Å². The number of pyridine rings is 1. The van der Waals surface area contributed by atoms with Crippen molar-refractivity contribution in [2.24, 2.45) is 0 Å². The van der Waals surface area contributed by atoms with Crippen LogP contribution < -0.4 is 4.74 Å². The van der Waals surface area contributed by atoms with Gasteiger partial charge in [-0.25, -0.2) is 4.52 Å². The summed E-state index contributed by atoms with van der Waals surface area (Å²) in [5, 5.41) is 18.7. The zero-order chi connectivity index (χ0) is 18.3. The fourth-order valence-electron chi connectivity index (χ4n) is 3.21. The van der Waals surface area contributed by atoms with Crippen LogP contribution in [-0.2, 0) is 6.54 Å². The van der Waals surface area contributed by atoms with Gasteiger partial charge in [0.05, 0.1) is 42.8 Å². The van der Waals surface area contributed by atoms with E-state index >= 15 is 0 Å². The Kier molecular flexibility index (Phi) is 4.12. The Morgan fingerprint density at radius 1 is 1.35 bits per heavy atom. The van der Waals surface area contributed by atoms with E-state index in [0.717, 1.165) is 17.6 Å². The lowest BCUT2D eigenvalue weighted by Crippen LogP contribution is -2.31. The summed E-state index contributed by atoms with van der Waals surface area (Å²) >= 11 is 0. The summed E-state index contributed by atoms with van der Waals surface area (Å²) in [4.78, 5) is 14.5. The highest BCUT2D eigenvalue weighted by Crippen LogP contribution is 2.22. The number of ether oxygens (including phenoxy) is 1. The summed E-state index contributed by atoms with van der Waals surface area (Å²) in [6.07, 6.45) is 5.59. The fraction of sp³-hybridized carbons (Fsp3) is 0.389. The van der Waals surface area contributed by atoms with Crippen LogP contribution in [0.25, 0.3) is 5.52 Å². The second-order valence-electron chi connectivity index (χ2n) is 6.56. The molecule has 0 saturated carbocycles. The van der Waals surface area contributed by atoms with Crippen molar-refractivity contribution in [2.45, 2.75) is 32.6 Å². The maximum Gasteiger partial charge on any atom is 0.257 e. The Hall–Kier alpha value is -2.87. The number of likely N-dealkylation sites (tertiary alicyclic amines) is 1. The number of aliphatic hydroxyl groups excluding tert-OH is 1. The maximum atomic E-state index is 12.9. The minimum Gasteiger partial charge on any atom is -0.482 e. The molecule has 1 fully saturated rings. The van der Waals surface area contributed by atoms with Crippen LogP contribution in [0.2, 0.25) is 0 Å². The van der Waals surface area contributed by atoms with Gasteiger partial charge in [0.25, 0.3) is 5.91 Å². The van der Waals surface area contributed by atoms with Crippen molar-refractivity contribution in [3.63, 3.8) is 0 Å². The van der Waals surface area contributed by atoms with E-state index in [0.29, 0.717) is 17.9 Å². The number of hydrogen-bond acceptors (Lipinski definition) is 5. The molecule has 0 aliphatic carbocycles. The Morgan fingerprint density at radius 2 is 2.19 bits per heavy atom. The van der Waals surface area contributed by atoms with Crippen LogP contribution in [0, 0.1) is 6.92 Å². The van der Waals surface area contributed by atoms with Crippen LogP contribution in [0.4, 0.5) is 0 Å². The molecule has 0 spiro atoms. The van der Waals surface area contributed by atoms with Crippen LogP contribution in [0.5, 0.6) is 5.75 Å². The van der Waals surface area contributed by atoms with Crippen molar-refractivity contribution in [1.82, 2.24) is 24.3 Å². The van der Waals surface area contributed by atoms with Crippen LogP contribution in [0.1, 0.15) is 22.8 Å². The molecule has 8 heteroatoms. The molecule has 2 atom stereocenters. The van der Waals surface area contributed by atoms with E-state index in [2.05, 4.69) is 10.2 Å². The van der Waals surface area contributed by atoms with Crippen molar-refractivity contribution in [1.29, 1.82) is 0 Å². The molecular weight excluding hydrogens is 334 g/mol. The van der Waals surface area contributed by atoms with E-state index in [1.54, 1.807) is 32.7 Å². The van der Waals surface area contributed by atoms with Crippen molar-refractivity contribution < 1.29 is 14.6 Å². The second-order valence-corrected chi connectivity index (χ2v) is 6.56. The predicted octanol–water partition coefficient (Wildman–Crippen LogP) is 1.12. The molecule has 136 valence electrons. The lowest BCUT2D eigenvalue weighted by molar-refractivity contribution is 0.0729. The molecule has 1 amide bonds. The highest BCUT2D eigenvalue weighted by molar-refractivity contribution is 6.00. The molecule has 0 unspecified atom stereocenters. The molecule has 3 aromatic heterocycles. The number of fused-ring (bicyclic) bond motifs is 1. The average molecular weight is 355 g/mol. The first kappa shape index (κ1) is 16.6. The number of amides is 1. The maximum absolute atomic E-state index is 12.9. The molecule has 26 heavy (non-hydrogen) atoms. The van der Waals surface area contributed by atoms with Gasteiger partial charge < -0.3 is 14.7 Å². The van der Waals surface area contributed by atoms with Gasteiger partial charge in [0, 0.05) is 12.7 Å². The number of nitrogens with zero attached hydrogens (tertiary/aromatic N) is 5. The normalized spacial score (nSPS) is 20.0. The third-order valence-corrected chi connectivity index (χ3v) is 4.65. The lowest BCUT2D eigenvalue weighted by atomic mass is 10.2. The molecule has 8 nitrogen and oxygen atoms in total. The van der Waals surface area contributed by atoms with Gasteiger partial charge in [0.1, 0.15) is 12.2 Å². The molecule has 0 bridgehead atoms. The quantitative estimate of drug-likeness (QED) is 0.758. The molecule has 1 saturated heterocycles. The lowest BCUT2D eigenvalue weighted by Gasteiger charge is -2.16. The number of carbonyl (C=O) groups is 1. The standard InChI is InChI=1S/C18H21N5O3/c1-3-22-9-13(7-19-22)26-17-11-21(10-16(17)24)18(25)14-8-20-23-5-4-12(2)6-15(14)23/h4-9,16-17,24H,3,10-11H2,1-2H3/t16-,17-/m1/s1. The number of rotatable bonds is 4. The van der Waals surface area contributed by atoms with E-state index in [1.165, 1.54) is 0 Å². The van der Waals surface area contributed by atoms with Gasteiger partial charge in [-0.2, -0.15) is 10.2 Å². The molecule has 1 aliphatic rings. The number of aliphatic hydroxyl groups is 1. The van der Waals surface area contributed by atoms with Gasteiger partial charge in [-0.1, -0.05) is 0 Å². The summed E-state index contributed by atoms with van der Waals surface area (Å²) in [6, 6.07) is 3.87. The van der Waals surface area contributed by atoms with E-state index in [4.69, 9.17) is 4.74 Å². The molecule has 3 aromatic rings. The highest BCUT2D eigenvalue weighted by atomic mass is 16.5. The third kappa shape index (κ3) is 2.92. The minimum atomic E-state index is -0.743. The predicted molar refractivity (Wildman–Crippen MR) is 94.2 cm³/mol. The summed E-state index contributed by atoms with van der Waals surface area (Å²) in [7, 11) is 0. The molecule has 4 rings (SSSR count). The Labute approximate surface area is 150 Å². The summed E-state index contributed by atoms with van der Waals surface area (Å²) in [5.41, 5.74) is 2.35. The Morgan fingerprint density at radius 3 is 2.96 bits per heavy atom. The molecule has 1 N–H and O–H groups in total. The molecule has 4 heterocycles. The zero-order valence-electron chi connectivity index (χ0n) is 14.7. The first-order valence-corrected chi connectivity index (χ1v) is 8.65. The van der Waals surface area contributed by atoms with Crippen molar-refractivity contribution in [2.75, 3.05) is 13.1 Å². The topological polar surface area (TPSA) is 84.9 Å². The Balaban J connectivity index is 1.51. The zero-order valence-corrected chi connectivity index (χ0v) is 14.7. The number of hydrogen-bond donors (Lipinski definition) is 1. The molecule has 0 radical (unpaired) electrons. The average Bonchev–Trinajstić information content (AvgIpc) is 3.33. The van der Waals surface area contributed by atoms with E-state index < -0.39 is 12.2 Å². The first-order chi connectivity index (χ1) is 12.5. The van der Waals surface area contributed by atoms with Gasteiger partial charge in [0.2, 0.25) is 0 Å². The summed E-state index contributed by atoms with van der Waals surface area (Å²) in [6.45, 7) is 5.26. The Bertz CT molecular complexity index is 947. The van der Waals surface area contributed by atoms with Crippen LogP contribution in [-0.4, -0.2) is 60.6 Å². The molecule has 1 aliphatic heterocycles. The smallest absolute Gasteiger partial charge is 0.257 e. The summed E-state index contributed by atoms with van der Waals surface area (Å²) in [5.74, 6) is 0.441. The van der Waals surface area contributed by atoms with Crippen molar-refractivity contribution >= 4 is 11.4 Å². The number of carbonyl (C=O) groups excluding carboxylic acids is 1. The van der Waals surface area contributed by atoms with Gasteiger partial charge in [0.15, 0.2) is 5.75 Å². The SMILES string of the molecule is CCn1cc(O[C@@H]2CN(C(=O)c3cnn4ccc(C)cc34)C[C@H]2O)cn1. The largest absolute Gasteiger partial charge is 0.482 e. The molecular formula is C18H21N5O3. The van der Waals surface area contributed by atoms with Crippen LogP contribution in [0.15, 0.2) is 36.9 Å². The van der Waals surface area contributed by atoms with Crippen LogP contribution >= 0.6 is 0 Å². The number of aryl methyl sites for hydroxylation is 2. The van der Waals surface area contributed by atoms with Crippen molar-refractivity contribution in [3.8, 4) is 5.75 Å². The fourth-order valence-corrected chi connectivity index (χ4v) is 3.21.